The van der Waals surface area contributed by atoms with E-state index in [0.717, 1.165) is 23.4 Å². The van der Waals surface area contributed by atoms with Crippen LogP contribution in [0.4, 0.5) is 5.69 Å². The smallest absolute Gasteiger partial charge is 0.258 e. The molecule has 5 rings (SSSR count). The lowest BCUT2D eigenvalue weighted by Gasteiger charge is -2.46. The molecule has 2 heterocycles. The van der Waals surface area contributed by atoms with E-state index in [1.165, 1.54) is 24.3 Å². The van der Waals surface area contributed by atoms with Crippen LogP contribution >= 0.6 is 0 Å². The number of amides is 1. The van der Waals surface area contributed by atoms with E-state index in [4.69, 9.17) is 4.74 Å². The Labute approximate surface area is 205 Å². The Morgan fingerprint density at radius 2 is 1.74 bits per heavy atom. The number of ether oxygens (including phenoxy) is 1. The van der Waals surface area contributed by atoms with Crippen LogP contribution in [0.2, 0.25) is 0 Å². The van der Waals surface area contributed by atoms with Crippen molar-refractivity contribution in [2.24, 2.45) is 0 Å². The molecule has 2 aliphatic heterocycles. The first-order valence-corrected chi connectivity index (χ1v) is 13.2. The highest BCUT2D eigenvalue weighted by molar-refractivity contribution is 7.91. The Morgan fingerprint density at radius 1 is 1.03 bits per heavy atom. The zero-order chi connectivity index (χ0) is 25.1. The van der Waals surface area contributed by atoms with Gasteiger partial charge in [0.05, 0.1) is 16.4 Å². The van der Waals surface area contributed by atoms with E-state index in [0.29, 0.717) is 6.61 Å². The molecule has 0 unspecified atom stereocenters. The summed E-state index contributed by atoms with van der Waals surface area (Å²) in [4.78, 5) is 28.5. The van der Waals surface area contributed by atoms with Gasteiger partial charge in [-0.05, 0) is 87.2 Å². The summed E-state index contributed by atoms with van der Waals surface area (Å²) in [6.07, 6.45) is 0.733. The largest absolute Gasteiger partial charge is 0.494 e. The number of hydrogen-bond acceptors (Lipinski definition) is 5. The molecule has 1 amide bonds. The quantitative estimate of drug-likeness (QED) is 0.385. The number of fused-ring (bicyclic) bond motifs is 3. The topological polar surface area (TPSA) is 80.8 Å². The van der Waals surface area contributed by atoms with Gasteiger partial charge < -0.3 is 9.64 Å². The standard InChI is InChI=1S/C28H27NO5S/c1-5-34-19-11-13-23-22(15-19)17(2)16-28(3,4)29(23)27(31)18-10-12-21-25(14-18)35(32,33)24-9-7-6-8-20(24)26(21)30/h6-15,17H,5,16H2,1-4H3/t17-/m1/s1. The van der Waals surface area contributed by atoms with E-state index >= 15 is 0 Å². The van der Waals surface area contributed by atoms with Gasteiger partial charge in [0.15, 0.2) is 5.78 Å². The molecule has 0 N–H and O–H groups in total. The van der Waals surface area contributed by atoms with Gasteiger partial charge in [0.2, 0.25) is 9.84 Å². The molecule has 0 fully saturated rings. The highest BCUT2D eigenvalue weighted by Gasteiger charge is 2.41. The Kier molecular flexibility index (Phi) is 5.36. The molecule has 3 aromatic carbocycles. The SMILES string of the molecule is CCOc1ccc2c(c1)[C@H](C)CC(C)(C)N2C(=O)c1ccc2c(c1)S(=O)(=O)c1ccccc1C2=O. The third-order valence-electron chi connectivity index (χ3n) is 6.88. The zero-order valence-corrected chi connectivity index (χ0v) is 21.0. The summed E-state index contributed by atoms with van der Waals surface area (Å²) in [6, 6.07) is 16.3. The van der Waals surface area contributed by atoms with Crippen molar-refractivity contribution >= 4 is 27.2 Å². The Morgan fingerprint density at radius 3 is 2.49 bits per heavy atom. The normalized spacial score (nSPS) is 19.4. The lowest BCUT2D eigenvalue weighted by atomic mass is 9.79. The lowest BCUT2D eigenvalue weighted by molar-refractivity contribution is 0.0951. The predicted octanol–water partition coefficient (Wildman–Crippen LogP) is 5.40. The van der Waals surface area contributed by atoms with Crippen LogP contribution in [0.5, 0.6) is 5.75 Å². The summed E-state index contributed by atoms with van der Waals surface area (Å²) >= 11 is 0. The number of rotatable bonds is 3. The van der Waals surface area contributed by atoms with Crippen LogP contribution in [0.3, 0.4) is 0 Å². The van der Waals surface area contributed by atoms with Crippen LogP contribution in [0.1, 0.15) is 71.9 Å². The summed E-state index contributed by atoms with van der Waals surface area (Å²) in [5.41, 5.74) is 1.76. The van der Waals surface area contributed by atoms with Crippen LogP contribution in [0.25, 0.3) is 0 Å². The van der Waals surface area contributed by atoms with E-state index in [2.05, 4.69) is 6.92 Å². The monoisotopic (exact) mass is 489 g/mol. The number of ketones is 1. The number of anilines is 1. The fourth-order valence-corrected chi connectivity index (χ4v) is 7.07. The molecular weight excluding hydrogens is 462 g/mol. The Hall–Kier alpha value is -3.45. The van der Waals surface area contributed by atoms with E-state index in [-0.39, 0.29) is 44.1 Å². The maximum atomic E-state index is 13.9. The molecular formula is C28H27NO5S. The van der Waals surface area contributed by atoms with Gasteiger partial charge in [0, 0.05) is 27.9 Å². The third kappa shape index (κ3) is 3.57. The van der Waals surface area contributed by atoms with Gasteiger partial charge in [-0.3, -0.25) is 9.59 Å². The fourth-order valence-electron chi connectivity index (χ4n) is 5.39. The minimum atomic E-state index is -3.94. The maximum absolute atomic E-state index is 13.9. The first kappa shape index (κ1) is 23.3. The van der Waals surface area contributed by atoms with Crippen LogP contribution in [0.15, 0.2) is 70.5 Å². The van der Waals surface area contributed by atoms with Crippen LogP contribution in [-0.2, 0) is 9.84 Å². The van der Waals surface area contributed by atoms with Gasteiger partial charge in [-0.1, -0.05) is 19.1 Å². The highest BCUT2D eigenvalue weighted by Crippen LogP contribution is 2.45. The van der Waals surface area contributed by atoms with Crippen molar-refractivity contribution < 1.29 is 22.7 Å². The molecule has 7 heteroatoms. The highest BCUT2D eigenvalue weighted by atomic mass is 32.2. The minimum Gasteiger partial charge on any atom is -0.494 e. The molecule has 1 atom stereocenters. The van der Waals surface area contributed by atoms with Crippen LogP contribution in [-0.4, -0.2) is 32.3 Å². The summed E-state index contributed by atoms with van der Waals surface area (Å²) < 4.78 is 32.4. The minimum absolute atomic E-state index is 0.0250. The van der Waals surface area contributed by atoms with Crippen molar-refractivity contribution in [1.29, 1.82) is 0 Å². The number of hydrogen-bond donors (Lipinski definition) is 0. The summed E-state index contributed by atoms with van der Waals surface area (Å²) in [7, 11) is -3.94. The van der Waals surface area contributed by atoms with Gasteiger partial charge in [-0.2, -0.15) is 0 Å². The Balaban J connectivity index is 1.62. The first-order valence-electron chi connectivity index (χ1n) is 11.7. The summed E-state index contributed by atoms with van der Waals surface area (Å²) in [5, 5.41) is 0. The molecule has 0 saturated heterocycles. The molecule has 0 saturated carbocycles. The molecule has 3 aromatic rings. The van der Waals surface area contributed by atoms with E-state index in [1.54, 1.807) is 23.1 Å². The molecule has 6 nitrogen and oxygen atoms in total. The van der Waals surface area contributed by atoms with Gasteiger partial charge in [-0.25, -0.2) is 8.42 Å². The number of benzene rings is 3. The van der Waals surface area contributed by atoms with Gasteiger partial charge in [-0.15, -0.1) is 0 Å². The summed E-state index contributed by atoms with van der Waals surface area (Å²) in [6.45, 7) is 8.62. The Bertz CT molecular complexity index is 1490. The summed E-state index contributed by atoms with van der Waals surface area (Å²) in [5.74, 6) is 0.298. The average Bonchev–Trinajstić information content (AvgIpc) is 2.82. The number of nitrogens with zero attached hydrogens (tertiary/aromatic N) is 1. The van der Waals surface area contributed by atoms with Crippen molar-refractivity contribution in [2.75, 3.05) is 11.5 Å². The second-order valence-electron chi connectivity index (χ2n) is 9.75. The maximum Gasteiger partial charge on any atom is 0.258 e. The number of carbonyl (C=O) groups excluding carboxylic acids is 2. The molecule has 0 bridgehead atoms. The number of carbonyl (C=O) groups is 2. The van der Waals surface area contributed by atoms with E-state index in [1.807, 2.05) is 39.0 Å². The zero-order valence-electron chi connectivity index (χ0n) is 20.2. The number of sulfone groups is 1. The molecule has 0 spiro atoms. The molecule has 2 aliphatic rings. The fraction of sp³-hybridized carbons (Fsp3) is 0.286. The van der Waals surface area contributed by atoms with Crippen LogP contribution in [0, 0.1) is 0 Å². The molecule has 35 heavy (non-hydrogen) atoms. The van der Waals surface area contributed by atoms with Gasteiger partial charge in [0.1, 0.15) is 5.75 Å². The van der Waals surface area contributed by atoms with E-state index < -0.39 is 15.4 Å². The van der Waals surface area contributed by atoms with Gasteiger partial charge >= 0.3 is 0 Å². The predicted molar refractivity (Wildman–Crippen MR) is 133 cm³/mol. The van der Waals surface area contributed by atoms with Crippen LogP contribution < -0.4 is 9.64 Å². The van der Waals surface area contributed by atoms with E-state index in [9.17, 15) is 18.0 Å². The molecule has 180 valence electrons. The van der Waals surface area contributed by atoms with Crippen molar-refractivity contribution in [2.45, 2.75) is 55.4 Å². The average molecular weight is 490 g/mol. The second-order valence-corrected chi connectivity index (χ2v) is 11.6. The molecule has 0 aromatic heterocycles. The van der Waals surface area contributed by atoms with Crippen molar-refractivity contribution in [3.63, 3.8) is 0 Å². The first-order chi connectivity index (χ1) is 16.6. The van der Waals surface area contributed by atoms with Gasteiger partial charge in [0.25, 0.3) is 5.91 Å². The van der Waals surface area contributed by atoms with Crippen molar-refractivity contribution in [3.8, 4) is 5.75 Å². The third-order valence-corrected chi connectivity index (χ3v) is 8.73. The van der Waals surface area contributed by atoms with Crippen molar-refractivity contribution in [3.05, 3.63) is 82.9 Å². The molecule has 0 aliphatic carbocycles. The lowest BCUT2D eigenvalue weighted by Crippen LogP contribution is -2.51. The van der Waals surface area contributed by atoms with Crippen molar-refractivity contribution in [1.82, 2.24) is 0 Å². The molecule has 0 radical (unpaired) electrons. The second kappa shape index (κ2) is 8.05.